The van der Waals surface area contributed by atoms with Crippen LogP contribution in [0.15, 0.2) is 12.2 Å². The van der Waals surface area contributed by atoms with Crippen LogP contribution in [0, 0.1) is 11.3 Å². The van der Waals surface area contributed by atoms with Crippen LogP contribution in [0.3, 0.4) is 0 Å². The van der Waals surface area contributed by atoms with E-state index >= 15 is 0 Å². The number of hydrogen-bond donors (Lipinski definition) is 1. The van der Waals surface area contributed by atoms with Crippen molar-refractivity contribution in [3.63, 3.8) is 0 Å². The van der Waals surface area contributed by atoms with Crippen LogP contribution in [0.4, 0.5) is 0 Å². The number of carbonyl (C=O) groups excluding carboxylic acids is 1. The zero-order chi connectivity index (χ0) is 15.3. The second kappa shape index (κ2) is 7.03. The van der Waals surface area contributed by atoms with Crippen LogP contribution in [0.5, 0.6) is 0 Å². The minimum absolute atomic E-state index is 0.0139. The molecule has 2 saturated heterocycles. The van der Waals surface area contributed by atoms with Gasteiger partial charge in [-0.25, -0.2) is 4.79 Å². The summed E-state index contributed by atoms with van der Waals surface area (Å²) in [4.78, 5) is 11.1. The summed E-state index contributed by atoms with van der Waals surface area (Å²) >= 11 is 0. The number of ether oxygens (including phenoxy) is 3. The summed E-state index contributed by atoms with van der Waals surface area (Å²) < 4.78 is 16.4. The standard InChI is InChI=1S/C15H21NO5/c1-19-14(18)7-5-12-9-15(10-17)13(20-12)6-4-11(21-15)3-2-8-16/h5,7,11-13,17H,2-4,6,9-10H2,1H3/b7-5+/t11?,12-,13?,15?/m0/s1. The molecule has 0 spiro atoms. The lowest BCUT2D eigenvalue weighted by molar-refractivity contribution is -0.182. The summed E-state index contributed by atoms with van der Waals surface area (Å²) in [6, 6.07) is 2.12. The summed E-state index contributed by atoms with van der Waals surface area (Å²) in [5.41, 5.74) is -0.719. The van der Waals surface area contributed by atoms with Gasteiger partial charge in [-0.1, -0.05) is 0 Å². The van der Waals surface area contributed by atoms with Gasteiger partial charge in [-0.3, -0.25) is 0 Å². The van der Waals surface area contributed by atoms with Gasteiger partial charge in [-0.05, 0) is 25.3 Å². The molecule has 2 heterocycles. The van der Waals surface area contributed by atoms with Crippen LogP contribution in [0.25, 0.3) is 0 Å². The third-order valence-electron chi connectivity index (χ3n) is 4.12. The number of nitrogens with zero attached hydrogens (tertiary/aromatic N) is 1. The lowest BCUT2D eigenvalue weighted by Gasteiger charge is -2.40. The zero-order valence-corrected chi connectivity index (χ0v) is 12.2. The predicted octanol–water partition coefficient (Wildman–Crippen LogP) is 1.09. The Kier molecular flexibility index (Phi) is 5.34. The summed E-state index contributed by atoms with van der Waals surface area (Å²) in [5, 5.41) is 18.4. The number of fused-ring (bicyclic) bond motifs is 1. The fourth-order valence-corrected chi connectivity index (χ4v) is 3.04. The van der Waals surface area contributed by atoms with Crippen LogP contribution in [0.2, 0.25) is 0 Å². The third-order valence-corrected chi connectivity index (χ3v) is 4.12. The first-order valence-corrected chi connectivity index (χ1v) is 7.21. The molecule has 6 nitrogen and oxygen atoms in total. The average Bonchev–Trinajstić information content (AvgIpc) is 2.88. The quantitative estimate of drug-likeness (QED) is 0.603. The van der Waals surface area contributed by atoms with Crippen molar-refractivity contribution >= 4 is 5.97 Å². The van der Waals surface area contributed by atoms with E-state index in [2.05, 4.69) is 10.8 Å². The van der Waals surface area contributed by atoms with E-state index in [4.69, 9.17) is 14.7 Å². The van der Waals surface area contributed by atoms with E-state index in [1.165, 1.54) is 13.2 Å². The van der Waals surface area contributed by atoms with Crippen LogP contribution < -0.4 is 0 Å². The molecule has 0 aliphatic carbocycles. The van der Waals surface area contributed by atoms with Crippen molar-refractivity contribution in [2.75, 3.05) is 13.7 Å². The maximum absolute atomic E-state index is 11.1. The molecule has 6 heteroatoms. The van der Waals surface area contributed by atoms with Gasteiger partial charge in [-0.15, -0.1) is 0 Å². The third kappa shape index (κ3) is 3.62. The Bertz CT molecular complexity index is 444. The Hall–Kier alpha value is -1.42. The largest absolute Gasteiger partial charge is 0.466 e. The lowest BCUT2D eigenvalue weighted by Crippen LogP contribution is -2.51. The van der Waals surface area contributed by atoms with Crippen molar-refractivity contribution in [3.8, 4) is 6.07 Å². The Morgan fingerprint density at radius 3 is 3.05 bits per heavy atom. The Balaban J connectivity index is 2.00. The molecule has 0 amide bonds. The van der Waals surface area contributed by atoms with Crippen molar-refractivity contribution < 1.29 is 24.1 Å². The number of carbonyl (C=O) groups is 1. The number of methoxy groups -OCH3 is 1. The summed E-state index contributed by atoms with van der Waals surface area (Å²) in [5.74, 6) is -0.431. The molecule has 2 aliphatic rings. The molecule has 0 aromatic rings. The van der Waals surface area contributed by atoms with E-state index in [0.29, 0.717) is 19.3 Å². The number of hydrogen-bond acceptors (Lipinski definition) is 6. The average molecular weight is 295 g/mol. The molecular weight excluding hydrogens is 274 g/mol. The highest BCUT2D eigenvalue weighted by Gasteiger charge is 2.52. The second-order valence-corrected chi connectivity index (χ2v) is 5.49. The lowest BCUT2D eigenvalue weighted by atomic mass is 9.86. The van der Waals surface area contributed by atoms with Crippen LogP contribution in [0.1, 0.15) is 32.1 Å². The first-order chi connectivity index (χ1) is 10.1. The molecule has 116 valence electrons. The molecule has 2 rings (SSSR count). The van der Waals surface area contributed by atoms with Crippen LogP contribution in [-0.4, -0.2) is 48.7 Å². The van der Waals surface area contributed by atoms with E-state index in [1.807, 2.05) is 0 Å². The number of rotatable bonds is 5. The van der Waals surface area contributed by atoms with Gasteiger partial charge in [0.2, 0.25) is 0 Å². The van der Waals surface area contributed by atoms with E-state index in [1.54, 1.807) is 6.08 Å². The number of aliphatic hydroxyl groups is 1. The van der Waals surface area contributed by atoms with Crippen LogP contribution >= 0.6 is 0 Å². The molecule has 1 N–H and O–H groups in total. The minimum atomic E-state index is -0.719. The smallest absolute Gasteiger partial charge is 0.330 e. The normalized spacial score (nSPS) is 35.4. The highest BCUT2D eigenvalue weighted by Crippen LogP contribution is 2.42. The minimum Gasteiger partial charge on any atom is -0.466 e. The summed E-state index contributed by atoms with van der Waals surface area (Å²) in [6.45, 7) is -0.122. The van der Waals surface area contributed by atoms with E-state index in [-0.39, 0.29) is 24.9 Å². The molecule has 0 aromatic heterocycles. The topological polar surface area (TPSA) is 88.8 Å². The monoisotopic (exact) mass is 295 g/mol. The van der Waals surface area contributed by atoms with Gasteiger partial charge in [0.1, 0.15) is 5.60 Å². The molecule has 0 radical (unpaired) electrons. The van der Waals surface area contributed by atoms with Crippen LogP contribution in [-0.2, 0) is 19.0 Å². The van der Waals surface area contributed by atoms with Gasteiger partial charge in [0.15, 0.2) is 0 Å². The number of aliphatic hydroxyl groups excluding tert-OH is 1. The first kappa shape index (κ1) is 16.0. The summed E-state index contributed by atoms with van der Waals surface area (Å²) in [6.07, 6.45) is 5.77. The maximum atomic E-state index is 11.1. The van der Waals surface area contributed by atoms with E-state index < -0.39 is 11.6 Å². The fraction of sp³-hybridized carbons (Fsp3) is 0.733. The molecule has 2 fully saturated rings. The van der Waals surface area contributed by atoms with Crippen molar-refractivity contribution in [2.24, 2.45) is 0 Å². The SMILES string of the molecule is COC(=O)/C=C/[C@H]1CC2(CO)OC(CCC#N)CCC2O1. The van der Waals surface area contributed by atoms with Crippen molar-refractivity contribution in [1.82, 2.24) is 0 Å². The first-order valence-electron chi connectivity index (χ1n) is 7.21. The predicted molar refractivity (Wildman–Crippen MR) is 73.2 cm³/mol. The van der Waals surface area contributed by atoms with Gasteiger partial charge in [0.25, 0.3) is 0 Å². The molecule has 0 bridgehead atoms. The van der Waals surface area contributed by atoms with Gasteiger partial charge >= 0.3 is 5.97 Å². The molecular formula is C15H21NO5. The molecule has 0 aromatic carbocycles. The maximum Gasteiger partial charge on any atom is 0.330 e. The number of esters is 1. The summed E-state index contributed by atoms with van der Waals surface area (Å²) in [7, 11) is 1.32. The van der Waals surface area contributed by atoms with Gasteiger partial charge in [0.05, 0.1) is 38.1 Å². The Labute approximate surface area is 124 Å². The number of nitriles is 1. The molecule has 0 saturated carbocycles. The van der Waals surface area contributed by atoms with E-state index in [9.17, 15) is 9.90 Å². The zero-order valence-electron chi connectivity index (χ0n) is 12.2. The molecule has 4 atom stereocenters. The second-order valence-electron chi connectivity index (χ2n) is 5.49. The highest BCUT2D eigenvalue weighted by molar-refractivity contribution is 5.81. The molecule has 2 aliphatic heterocycles. The Morgan fingerprint density at radius 1 is 1.57 bits per heavy atom. The molecule has 21 heavy (non-hydrogen) atoms. The van der Waals surface area contributed by atoms with E-state index in [0.717, 1.165) is 12.8 Å². The van der Waals surface area contributed by atoms with Crippen molar-refractivity contribution in [1.29, 1.82) is 5.26 Å². The van der Waals surface area contributed by atoms with Crippen molar-refractivity contribution in [2.45, 2.75) is 56.0 Å². The Morgan fingerprint density at radius 2 is 2.38 bits per heavy atom. The van der Waals surface area contributed by atoms with Crippen molar-refractivity contribution in [3.05, 3.63) is 12.2 Å². The fourth-order valence-electron chi connectivity index (χ4n) is 3.04. The van der Waals surface area contributed by atoms with Gasteiger partial charge in [-0.2, -0.15) is 5.26 Å². The highest BCUT2D eigenvalue weighted by atomic mass is 16.6. The van der Waals surface area contributed by atoms with Gasteiger partial charge < -0.3 is 19.3 Å². The molecule has 3 unspecified atom stereocenters. The van der Waals surface area contributed by atoms with Gasteiger partial charge in [0, 0.05) is 18.9 Å².